The lowest BCUT2D eigenvalue weighted by molar-refractivity contribution is -0.148. The summed E-state index contributed by atoms with van der Waals surface area (Å²) in [5.41, 5.74) is 0.321. The molecule has 1 aliphatic carbocycles. The molecule has 20 heavy (non-hydrogen) atoms. The van der Waals surface area contributed by atoms with E-state index < -0.39 is 5.91 Å². The first-order valence-corrected chi connectivity index (χ1v) is 7.13. The molecule has 108 valence electrons. The predicted molar refractivity (Wildman–Crippen MR) is 78.3 cm³/mol. The van der Waals surface area contributed by atoms with Gasteiger partial charge in [-0.2, -0.15) is 0 Å². The average molecular weight is 337 g/mol. The molecule has 1 aromatic carbocycles. The molecule has 0 radical (unpaired) electrons. The van der Waals surface area contributed by atoms with Crippen LogP contribution in [0.3, 0.4) is 0 Å². The van der Waals surface area contributed by atoms with Crippen molar-refractivity contribution in [2.75, 3.05) is 11.9 Å². The quantitative estimate of drug-likeness (QED) is 0.672. The number of esters is 1. The van der Waals surface area contributed by atoms with Gasteiger partial charge in [0.2, 0.25) is 0 Å². The van der Waals surface area contributed by atoms with Gasteiger partial charge in [-0.25, -0.2) is 0 Å². The second-order valence-corrected chi connectivity index (χ2v) is 5.94. The third-order valence-corrected chi connectivity index (χ3v) is 4.08. The molecule has 1 amide bonds. The third kappa shape index (κ3) is 3.78. The second kappa shape index (κ2) is 6.20. The highest BCUT2D eigenvalue weighted by molar-refractivity contribution is 6.44. The zero-order chi connectivity index (χ0) is 14.9. The van der Waals surface area contributed by atoms with Crippen LogP contribution in [0.4, 0.5) is 5.69 Å². The topological polar surface area (TPSA) is 55.4 Å². The van der Waals surface area contributed by atoms with Gasteiger partial charge in [-0.1, -0.05) is 41.7 Å². The van der Waals surface area contributed by atoms with Gasteiger partial charge in [-0.15, -0.1) is 0 Å². The zero-order valence-electron chi connectivity index (χ0n) is 10.6. The van der Waals surface area contributed by atoms with Crippen molar-refractivity contribution >= 4 is 52.4 Å². The van der Waals surface area contributed by atoms with Gasteiger partial charge in [0.25, 0.3) is 5.91 Å². The number of anilines is 1. The molecule has 0 bridgehead atoms. The number of ether oxygens (including phenoxy) is 1. The molecule has 4 nitrogen and oxygen atoms in total. The van der Waals surface area contributed by atoms with Crippen molar-refractivity contribution < 1.29 is 14.3 Å². The van der Waals surface area contributed by atoms with E-state index in [1.54, 1.807) is 0 Å². The second-order valence-electron chi connectivity index (χ2n) is 4.72. The molecule has 2 unspecified atom stereocenters. The SMILES string of the molecule is CC1CC1C(=O)OCC(=O)Nc1cc(Cl)c(Cl)cc1Cl. The summed E-state index contributed by atoms with van der Waals surface area (Å²) in [7, 11) is 0. The smallest absolute Gasteiger partial charge is 0.309 e. The molecule has 1 fully saturated rings. The minimum atomic E-state index is -0.480. The first-order valence-electron chi connectivity index (χ1n) is 5.99. The van der Waals surface area contributed by atoms with Crippen molar-refractivity contribution in [1.29, 1.82) is 0 Å². The Balaban J connectivity index is 1.88. The van der Waals surface area contributed by atoms with Crippen LogP contribution in [0.1, 0.15) is 13.3 Å². The Morgan fingerprint density at radius 2 is 1.85 bits per heavy atom. The van der Waals surface area contributed by atoms with Crippen LogP contribution in [-0.4, -0.2) is 18.5 Å². The molecular weight excluding hydrogens is 325 g/mol. The number of carbonyl (C=O) groups excluding carboxylic acids is 2. The Kier molecular flexibility index (Phi) is 4.78. The summed E-state index contributed by atoms with van der Waals surface area (Å²) in [5.74, 6) is -0.550. The summed E-state index contributed by atoms with van der Waals surface area (Å²) in [6.45, 7) is 1.61. The normalized spacial score (nSPS) is 20.4. The Morgan fingerprint density at radius 3 is 2.45 bits per heavy atom. The fraction of sp³-hybridized carbons (Fsp3) is 0.385. The van der Waals surface area contributed by atoms with E-state index in [2.05, 4.69) is 5.32 Å². The van der Waals surface area contributed by atoms with Crippen LogP contribution in [0.2, 0.25) is 15.1 Å². The van der Waals surface area contributed by atoms with Crippen LogP contribution >= 0.6 is 34.8 Å². The predicted octanol–water partition coefficient (Wildman–Crippen LogP) is 3.78. The molecule has 2 rings (SSSR count). The van der Waals surface area contributed by atoms with Crippen LogP contribution in [0.25, 0.3) is 0 Å². The Morgan fingerprint density at radius 1 is 1.25 bits per heavy atom. The lowest BCUT2D eigenvalue weighted by Gasteiger charge is -2.09. The van der Waals surface area contributed by atoms with Crippen molar-refractivity contribution in [2.45, 2.75) is 13.3 Å². The highest BCUT2D eigenvalue weighted by Crippen LogP contribution is 2.38. The van der Waals surface area contributed by atoms with Crippen molar-refractivity contribution in [3.8, 4) is 0 Å². The van der Waals surface area contributed by atoms with Gasteiger partial charge in [0.15, 0.2) is 6.61 Å². The van der Waals surface area contributed by atoms with Crippen LogP contribution < -0.4 is 5.32 Å². The summed E-state index contributed by atoms with van der Waals surface area (Å²) < 4.78 is 4.91. The maximum atomic E-state index is 11.7. The van der Waals surface area contributed by atoms with Gasteiger partial charge in [-0.3, -0.25) is 9.59 Å². The van der Waals surface area contributed by atoms with E-state index in [0.717, 1.165) is 6.42 Å². The summed E-state index contributed by atoms with van der Waals surface area (Å²) >= 11 is 17.5. The first kappa shape index (κ1) is 15.4. The van der Waals surface area contributed by atoms with E-state index in [1.807, 2.05) is 6.92 Å². The lowest BCUT2D eigenvalue weighted by atomic mass is 10.3. The number of nitrogens with one attached hydrogen (secondary N) is 1. The summed E-state index contributed by atoms with van der Waals surface area (Å²) in [6.07, 6.45) is 0.819. The van der Waals surface area contributed by atoms with Crippen molar-refractivity contribution in [1.82, 2.24) is 0 Å². The molecule has 2 atom stereocenters. The maximum Gasteiger partial charge on any atom is 0.309 e. The summed E-state index contributed by atoms with van der Waals surface area (Å²) in [4.78, 5) is 23.1. The highest BCUT2D eigenvalue weighted by Gasteiger charge is 2.40. The van der Waals surface area contributed by atoms with E-state index in [1.165, 1.54) is 12.1 Å². The molecule has 0 aliphatic heterocycles. The van der Waals surface area contributed by atoms with Gasteiger partial charge in [-0.05, 0) is 24.5 Å². The summed E-state index contributed by atoms with van der Waals surface area (Å²) in [6, 6.07) is 2.87. The number of amides is 1. The molecule has 7 heteroatoms. The fourth-order valence-electron chi connectivity index (χ4n) is 1.70. The number of hydrogen-bond acceptors (Lipinski definition) is 3. The number of benzene rings is 1. The monoisotopic (exact) mass is 335 g/mol. The van der Waals surface area contributed by atoms with Crippen molar-refractivity contribution in [2.24, 2.45) is 11.8 Å². The largest absolute Gasteiger partial charge is 0.455 e. The van der Waals surface area contributed by atoms with Crippen LogP contribution in [-0.2, 0) is 14.3 Å². The van der Waals surface area contributed by atoms with Gasteiger partial charge >= 0.3 is 5.97 Å². The number of rotatable bonds is 4. The number of hydrogen-bond donors (Lipinski definition) is 1. The Hall–Kier alpha value is -0.970. The molecule has 1 saturated carbocycles. The van der Waals surface area contributed by atoms with E-state index in [-0.39, 0.29) is 28.5 Å². The van der Waals surface area contributed by atoms with E-state index in [9.17, 15) is 9.59 Å². The minimum Gasteiger partial charge on any atom is -0.455 e. The van der Waals surface area contributed by atoms with Crippen molar-refractivity contribution in [3.05, 3.63) is 27.2 Å². The molecule has 0 saturated heterocycles. The molecule has 0 aromatic heterocycles. The first-order chi connectivity index (χ1) is 9.38. The van der Waals surface area contributed by atoms with Gasteiger partial charge in [0.05, 0.1) is 26.7 Å². The van der Waals surface area contributed by atoms with Crippen LogP contribution in [0, 0.1) is 11.8 Å². The molecule has 1 aliphatic rings. The highest BCUT2D eigenvalue weighted by atomic mass is 35.5. The van der Waals surface area contributed by atoms with E-state index in [4.69, 9.17) is 39.5 Å². The average Bonchev–Trinajstić information content (AvgIpc) is 3.10. The maximum absolute atomic E-state index is 11.7. The van der Waals surface area contributed by atoms with Gasteiger partial charge in [0, 0.05) is 0 Å². The molecule has 0 spiro atoms. The van der Waals surface area contributed by atoms with Gasteiger partial charge < -0.3 is 10.1 Å². The number of carbonyl (C=O) groups is 2. The summed E-state index contributed by atoms with van der Waals surface area (Å²) in [5, 5.41) is 3.34. The molecular formula is C13H12Cl3NO3. The molecule has 1 aromatic rings. The molecule has 1 N–H and O–H groups in total. The van der Waals surface area contributed by atoms with Crippen LogP contribution in [0.5, 0.6) is 0 Å². The Labute approximate surface area is 131 Å². The van der Waals surface area contributed by atoms with E-state index in [0.29, 0.717) is 16.6 Å². The van der Waals surface area contributed by atoms with Crippen LogP contribution in [0.15, 0.2) is 12.1 Å². The lowest BCUT2D eigenvalue weighted by Crippen LogP contribution is -2.21. The minimum absolute atomic E-state index is 0.0728. The fourth-order valence-corrected chi connectivity index (χ4v) is 2.29. The number of halogens is 3. The Bertz CT molecular complexity index is 562. The van der Waals surface area contributed by atoms with Crippen molar-refractivity contribution in [3.63, 3.8) is 0 Å². The molecule has 0 heterocycles. The van der Waals surface area contributed by atoms with E-state index >= 15 is 0 Å². The zero-order valence-corrected chi connectivity index (χ0v) is 12.9. The third-order valence-electron chi connectivity index (χ3n) is 3.04. The van der Waals surface area contributed by atoms with Gasteiger partial charge in [0.1, 0.15) is 0 Å². The standard InChI is InChI=1S/C13H12Cl3NO3/c1-6-2-7(6)13(19)20-5-12(18)17-11-4-9(15)8(14)3-10(11)16/h3-4,6-7H,2,5H2,1H3,(H,17,18).